The van der Waals surface area contributed by atoms with Gasteiger partial charge in [0.2, 0.25) is 23.5 Å². The van der Waals surface area contributed by atoms with Crippen LogP contribution < -0.4 is 21.3 Å². The second kappa shape index (κ2) is 13.6. The Morgan fingerprint density at radius 2 is 1.75 bits per heavy atom. The molecule has 0 spiro atoms. The van der Waals surface area contributed by atoms with Crippen LogP contribution in [0.1, 0.15) is 66.7 Å². The highest BCUT2D eigenvalue weighted by molar-refractivity contribution is 6.38. The molecule has 0 aromatic rings. The Morgan fingerprint density at radius 1 is 1.06 bits per heavy atom. The molecule has 32 heavy (non-hydrogen) atoms. The molecule has 0 aliphatic carbocycles. The first kappa shape index (κ1) is 27.3. The first-order chi connectivity index (χ1) is 15.0. The molecule has 4 amide bonds. The highest BCUT2D eigenvalue weighted by Gasteiger charge is 2.30. The van der Waals surface area contributed by atoms with Crippen molar-refractivity contribution in [3.8, 4) is 0 Å². The van der Waals surface area contributed by atoms with Crippen molar-refractivity contribution < 1.29 is 24.0 Å². The van der Waals surface area contributed by atoms with Gasteiger partial charge in [-0.25, -0.2) is 0 Å². The zero-order valence-corrected chi connectivity index (χ0v) is 19.8. The molecular weight excluding hydrogens is 412 g/mol. The van der Waals surface area contributed by atoms with E-state index in [4.69, 9.17) is 0 Å². The lowest BCUT2D eigenvalue weighted by atomic mass is 10.0. The number of ketones is 1. The average molecular weight is 451 g/mol. The molecular formula is C23H38N4O5. The maximum atomic E-state index is 12.7. The van der Waals surface area contributed by atoms with Gasteiger partial charge in [0.1, 0.15) is 12.1 Å². The van der Waals surface area contributed by atoms with Crippen molar-refractivity contribution in [3.63, 3.8) is 0 Å². The molecule has 1 saturated heterocycles. The van der Waals surface area contributed by atoms with Crippen molar-refractivity contribution in [1.29, 1.82) is 0 Å². The van der Waals surface area contributed by atoms with Crippen LogP contribution in [0.2, 0.25) is 0 Å². The van der Waals surface area contributed by atoms with E-state index in [-0.39, 0.29) is 24.8 Å². The van der Waals surface area contributed by atoms with Crippen LogP contribution in [0.15, 0.2) is 12.2 Å². The van der Waals surface area contributed by atoms with Gasteiger partial charge in [-0.05, 0) is 56.9 Å². The Labute approximate surface area is 190 Å². The lowest BCUT2D eigenvalue weighted by Crippen LogP contribution is -2.54. The third-order valence-corrected chi connectivity index (χ3v) is 5.09. The average Bonchev–Trinajstić information content (AvgIpc) is 2.71. The van der Waals surface area contributed by atoms with Crippen LogP contribution in [0.3, 0.4) is 0 Å². The third kappa shape index (κ3) is 10.1. The minimum atomic E-state index is -1.09. The minimum absolute atomic E-state index is 0.127. The van der Waals surface area contributed by atoms with Gasteiger partial charge in [-0.2, -0.15) is 0 Å². The Kier molecular flexibility index (Phi) is 11.7. The van der Waals surface area contributed by atoms with Gasteiger partial charge >= 0.3 is 0 Å². The Bertz CT molecular complexity index is 717. The lowest BCUT2D eigenvalue weighted by Gasteiger charge is -2.20. The van der Waals surface area contributed by atoms with E-state index in [1.807, 2.05) is 13.8 Å². The SMILES string of the molecule is CC(C)CC/C=C/C(=O)N[C@H]1CCCNC(=O)[C@H](CC(C)C)NC(=O)C(=O)[C@@H](C)NC1=O. The lowest BCUT2D eigenvalue weighted by molar-refractivity contribution is -0.141. The van der Waals surface area contributed by atoms with Crippen LogP contribution in [0, 0.1) is 11.8 Å². The van der Waals surface area contributed by atoms with Crippen LogP contribution in [0.25, 0.3) is 0 Å². The fourth-order valence-corrected chi connectivity index (χ4v) is 3.26. The van der Waals surface area contributed by atoms with Crippen LogP contribution in [-0.2, 0) is 24.0 Å². The number of rotatable bonds is 7. The van der Waals surface area contributed by atoms with Crippen molar-refractivity contribution in [3.05, 3.63) is 12.2 Å². The zero-order chi connectivity index (χ0) is 24.3. The number of Topliss-reactive ketones (excluding diaryl/α,β-unsaturated/α-hetero) is 1. The summed E-state index contributed by atoms with van der Waals surface area (Å²) >= 11 is 0. The molecule has 0 aromatic carbocycles. The van der Waals surface area contributed by atoms with Crippen LogP contribution in [-0.4, -0.2) is 54.1 Å². The minimum Gasteiger partial charge on any atom is -0.354 e. The van der Waals surface area contributed by atoms with Crippen molar-refractivity contribution >= 4 is 29.4 Å². The summed E-state index contributed by atoms with van der Waals surface area (Å²) in [5.41, 5.74) is 0. The second-order valence-electron chi connectivity index (χ2n) is 9.12. The van der Waals surface area contributed by atoms with Gasteiger partial charge < -0.3 is 21.3 Å². The maximum absolute atomic E-state index is 12.7. The molecule has 0 bridgehead atoms. The predicted molar refractivity (Wildman–Crippen MR) is 121 cm³/mol. The molecule has 1 aliphatic rings. The molecule has 0 radical (unpaired) electrons. The van der Waals surface area contributed by atoms with E-state index < -0.39 is 41.6 Å². The van der Waals surface area contributed by atoms with Crippen molar-refractivity contribution in [2.24, 2.45) is 11.8 Å². The second-order valence-corrected chi connectivity index (χ2v) is 9.12. The summed E-state index contributed by atoms with van der Waals surface area (Å²) in [5, 5.41) is 10.4. The molecule has 4 N–H and O–H groups in total. The van der Waals surface area contributed by atoms with E-state index in [1.54, 1.807) is 6.08 Å². The van der Waals surface area contributed by atoms with Gasteiger partial charge in [-0.1, -0.05) is 33.8 Å². The Morgan fingerprint density at radius 3 is 2.38 bits per heavy atom. The Hall–Kier alpha value is -2.71. The van der Waals surface area contributed by atoms with E-state index in [0.717, 1.165) is 12.8 Å². The molecule has 180 valence electrons. The highest BCUT2D eigenvalue weighted by Crippen LogP contribution is 2.07. The van der Waals surface area contributed by atoms with Gasteiger partial charge in [0, 0.05) is 6.54 Å². The highest BCUT2D eigenvalue weighted by atomic mass is 16.2. The summed E-state index contributed by atoms with van der Waals surface area (Å²) in [7, 11) is 0. The molecule has 1 rings (SSSR count). The summed E-state index contributed by atoms with van der Waals surface area (Å²) in [6.45, 7) is 9.69. The van der Waals surface area contributed by atoms with Crippen molar-refractivity contribution in [1.82, 2.24) is 21.3 Å². The number of amides is 4. The summed E-state index contributed by atoms with van der Waals surface area (Å²) < 4.78 is 0. The van der Waals surface area contributed by atoms with Crippen molar-refractivity contribution in [2.75, 3.05) is 6.54 Å². The van der Waals surface area contributed by atoms with Gasteiger partial charge in [0.15, 0.2) is 0 Å². The standard InChI is InChI=1S/C23H38N4O5/c1-14(2)9-6-7-11-19(28)26-17-10-8-12-24-21(30)18(13-15(3)4)27-23(32)20(29)16(5)25-22(17)31/h7,11,14-18H,6,8-10,12-13H2,1-5H3,(H,24,30)(H,25,31)(H,26,28)(H,27,32)/b11-7+/t16-,17+,18+/m1/s1. The fourth-order valence-electron chi connectivity index (χ4n) is 3.26. The molecule has 1 aliphatic heterocycles. The summed E-state index contributed by atoms with van der Waals surface area (Å²) in [4.78, 5) is 62.2. The largest absolute Gasteiger partial charge is 0.354 e. The molecule has 0 saturated carbocycles. The molecule has 0 aromatic heterocycles. The first-order valence-corrected chi connectivity index (χ1v) is 11.4. The van der Waals surface area contributed by atoms with E-state index in [1.165, 1.54) is 13.0 Å². The smallest absolute Gasteiger partial charge is 0.290 e. The topological polar surface area (TPSA) is 133 Å². The number of carbonyl (C=O) groups is 5. The predicted octanol–water partition coefficient (Wildman–Crippen LogP) is 0.978. The summed E-state index contributed by atoms with van der Waals surface area (Å²) in [6.07, 6.45) is 5.96. The van der Waals surface area contributed by atoms with Crippen LogP contribution in [0.5, 0.6) is 0 Å². The van der Waals surface area contributed by atoms with E-state index in [9.17, 15) is 24.0 Å². The number of nitrogens with one attached hydrogen (secondary N) is 4. The molecule has 1 fully saturated rings. The molecule has 3 atom stereocenters. The van der Waals surface area contributed by atoms with Gasteiger partial charge in [0.25, 0.3) is 5.91 Å². The van der Waals surface area contributed by atoms with Gasteiger partial charge in [0.05, 0.1) is 6.04 Å². The normalized spacial score (nSPS) is 23.8. The van der Waals surface area contributed by atoms with Gasteiger partial charge in [-0.3, -0.25) is 24.0 Å². The van der Waals surface area contributed by atoms with Crippen molar-refractivity contribution in [2.45, 2.75) is 84.8 Å². The van der Waals surface area contributed by atoms with Gasteiger partial charge in [-0.15, -0.1) is 0 Å². The first-order valence-electron chi connectivity index (χ1n) is 11.4. The number of carbonyl (C=O) groups excluding carboxylic acids is 5. The number of allylic oxidation sites excluding steroid dienone is 1. The molecule has 0 unspecified atom stereocenters. The number of hydrogen-bond donors (Lipinski definition) is 4. The van der Waals surface area contributed by atoms with Crippen LogP contribution >= 0.6 is 0 Å². The zero-order valence-electron chi connectivity index (χ0n) is 19.8. The molecule has 9 heteroatoms. The maximum Gasteiger partial charge on any atom is 0.290 e. The van der Waals surface area contributed by atoms with E-state index in [0.29, 0.717) is 18.8 Å². The quantitative estimate of drug-likeness (QED) is 0.339. The van der Waals surface area contributed by atoms with E-state index >= 15 is 0 Å². The fraction of sp³-hybridized carbons (Fsp3) is 0.696. The Balaban J connectivity index is 2.90. The molecule has 1 heterocycles. The van der Waals surface area contributed by atoms with Crippen LogP contribution in [0.4, 0.5) is 0 Å². The van der Waals surface area contributed by atoms with E-state index in [2.05, 4.69) is 35.1 Å². The molecule has 9 nitrogen and oxygen atoms in total. The third-order valence-electron chi connectivity index (χ3n) is 5.09. The summed E-state index contributed by atoms with van der Waals surface area (Å²) in [6, 6.07) is -2.81. The monoisotopic (exact) mass is 450 g/mol. The number of hydrogen-bond acceptors (Lipinski definition) is 5. The summed E-state index contributed by atoms with van der Waals surface area (Å²) in [5.74, 6) is -2.45.